The molecule has 0 amide bonds. The lowest BCUT2D eigenvalue weighted by atomic mass is 10.2. The van der Waals surface area contributed by atoms with Crippen LogP contribution < -0.4 is 5.32 Å². The Morgan fingerprint density at radius 1 is 1.50 bits per heavy atom. The lowest BCUT2D eigenvalue weighted by Crippen LogP contribution is -2.19. The molecule has 6 nitrogen and oxygen atoms in total. The highest BCUT2D eigenvalue weighted by Crippen LogP contribution is 2.02. The molecule has 0 saturated carbocycles. The van der Waals surface area contributed by atoms with Crippen molar-refractivity contribution in [3.63, 3.8) is 0 Å². The zero-order chi connectivity index (χ0) is 13.2. The molecule has 1 aromatic rings. The number of aromatic carboxylic acids is 1. The van der Waals surface area contributed by atoms with Gasteiger partial charge in [0.2, 0.25) is 0 Å². The Morgan fingerprint density at radius 2 is 2.33 bits per heavy atom. The summed E-state index contributed by atoms with van der Waals surface area (Å²) in [5.74, 6) is -1.00. The second-order valence-electron chi connectivity index (χ2n) is 3.83. The van der Waals surface area contributed by atoms with Crippen molar-refractivity contribution in [3.8, 4) is 0 Å². The topological polar surface area (TPSA) is 84.3 Å². The van der Waals surface area contributed by atoms with Gasteiger partial charge in [-0.05, 0) is 19.4 Å². The zero-order valence-corrected chi connectivity index (χ0v) is 10.6. The lowest BCUT2D eigenvalue weighted by Gasteiger charge is -2.06. The van der Waals surface area contributed by atoms with Crippen LogP contribution in [0.3, 0.4) is 0 Å². The van der Waals surface area contributed by atoms with Gasteiger partial charge in [-0.15, -0.1) is 0 Å². The maximum atomic E-state index is 10.9. The quantitative estimate of drug-likeness (QED) is 0.641. The summed E-state index contributed by atoms with van der Waals surface area (Å²) in [4.78, 5) is 18.6. The fraction of sp³-hybridized carbons (Fsp3) is 0.583. The van der Waals surface area contributed by atoms with Crippen LogP contribution in [0.25, 0.3) is 0 Å². The number of carboxylic acid groups (broad SMARTS) is 1. The number of carbonyl (C=O) groups is 1. The van der Waals surface area contributed by atoms with Gasteiger partial charge in [0.1, 0.15) is 11.9 Å². The minimum Gasteiger partial charge on any atom is -0.478 e. The predicted octanol–water partition coefficient (Wildman–Crippen LogP) is 1.08. The fourth-order valence-electron chi connectivity index (χ4n) is 1.43. The van der Waals surface area contributed by atoms with Gasteiger partial charge in [0, 0.05) is 26.0 Å². The van der Waals surface area contributed by atoms with E-state index in [1.807, 2.05) is 0 Å². The van der Waals surface area contributed by atoms with Crippen LogP contribution in [0.4, 0.5) is 0 Å². The third-order valence-electron chi connectivity index (χ3n) is 2.31. The van der Waals surface area contributed by atoms with Gasteiger partial charge in [0.25, 0.3) is 0 Å². The van der Waals surface area contributed by atoms with Gasteiger partial charge in [-0.1, -0.05) is 6.92 Å². The molecular formula is C12H19N3O3. The lowest BCUT2D eigenvalue weighted by molar-refractivity contribution is 0.0694. The summed E-state index contributed by atoms with van der Waals surface area (Å²) in [5.41, 5.74) is 0.652. The third-order valence-corrected chi connectivity index (χ3v) is 2.31. The normalized spacial score (nSPS) is 10.5. The number of nitrogens with one attached hydrogen (secondary N) is 1. The number of nitrogens with zero attached hydrogens (tertiary/aromatic N) is 2. The molecule has 0 radical (unpaired) electrons. The average molecular weight is 253 g/mol. The first kappa shape index (κ1) is 14.5. The standard InChI is InChI=1S/C12H19N3O3/c1-2-5-18-6-3-4-13-8-11-10(12(16)17)7-14-9-15-11/h7,9,13H,2-6,8H2,1H3,(H,16,17). The maximum Gasteiger partial charge on any atom is 0.339 e. The summed E-state index contributed by atoms with van der Waals surface area (Å²) in [5, 5.41) is 12.1. The van der Waals surface area contributed by atoms with Crippen LogP contribution in [0.15, 0.2) is 12.5 Å². The second kappa shape index (κ2) is 8.54. The molecule has 0 unspecified atom stereocenters. The Bertz CT molecular complexity index is 371. The van der Waals surface area contributed by atoms with E-state index in [1.165, 1.54) is 12.5 Å². The van der Waals surface area contributed by atoms with Crippen LogP contribution in [-0.2, 0) is 11.3 Å². The van der Waals surface area contributed by atoms with Crippen molar-refractivity contribution in [3.05, 3.63) is 23.8 Å². The maximum absolute atomic E-state index is 10.9. The fourth-order valence-corrected chi connectivity index (χ4v) is 1.43. The number of aromatic nitrogens is 2. The number of ether oxygens (including phenoxy) is 1. The van der Waals surface area contributed by atoms with E-state index >= 15 is 0 Å². The molecule has 0 fully saturated rings. The number of hydrogen-bond acceptors (Lipinski definition) is 5. The van der Waals surface area contributed by atoms with Gasteiger partial charge in [-0.25, -0.2) is 14.8 Å². The van der Waals surface area contributed by atoms with Crippen molar-refractivity contribution in [2.75, 3.05) is 19.8 Å². The first-order valence-electron chi connectivity index (χ1n) is 6.06. The largest absolute Gasteiger partial charge is 0.478 e. The summed E-state index contributed by atoms with van der Waals surface area (Å²) in [6.07, 6.45) is 4.59. The third kappa shape index (κ3) is 5.20. The van der Waals surface area contributed by atoms with Crippen molar-refractivity contribution in [1.82, 2.24) is 15.3 Å². The summed E-state index contributed by atoms with van der Waals surface area (Å²) >= 11 is 0. The van der Waals surface area contributed by atoms with Gasteiger partial charge < -0.3 is 15.2 Å². The molecule has 100 valence electrons. The van der Waals surface area contributed by atoms with Gasteiger partial charge in [-0.2, -0.15) is 0 Å². The summed E-state index contributed by atoms with van der Waals surface area (Å²) in [6, 6.07) is 0. The first-order valence-corrected chi connectivity index (χ1v) is 6.06. The molecular weight excluding hydrogens is 234 g/mol. The van der Waals surface area contributed by atoms with Gasteiger partial charge >= 0.3 is 5.97 Å². The van der Waals surface area contributed by atoms with Gasteiger partial charge in [-0.3, -0.25) is 0 Å². The number of carboxylic acids is 1. The second-order valence-corrected chi connectivity index (χ2v) is 3.83. The van der Waals surface area contributed by atoms with Crippen LogP contribution in [0, 0.1) is 0 Å². The average Bonchev–Trinajstić information content (AvgIpc) is 2.38. The van der Waals surface area contributed by atoms with Crippen LogP contribution in [0.1, 0.15) is 35.8 Å². The summed E-state index contributed by atoms with van der Waals surface area (Å²) in [7, 11) is 0. The van der Waals surface area contributed by atoms with Gasteiger partial charge in [0.05, 0.1) is 5.69 Å². The molecule has 1 aromatic heterocycles. The van der Waals surface area contributed by atoms with Crippen molar-refractivity contribution in [2.45, 2.75) is 26.3 Å². The minimum absolute atomic E-state index is 0.146. The molecule has 0 aliphatic heterocycles. The molecule has 0 spiro atoms. The van der Waals surface area contributed by atoms with Crippen molar-refractivity contribution < 1.29 is 14.6 Å². The van der Waals surface area contributed by atoms with E-state index in [0.717, 1.165) is 32.6 Å². The molecule has 0 aliphatic rings. The van der Waals surface area contributed by atoms with E-state index in [-0.39, 0.29) is 5.56 Å². The van der Waals surface area contributed by atoms with Crippen LogP contribution in [-0.4, -0.2) is 40.8 Å². The molecule has 18 heavy (non-hydrogen) atoms. The summed E-state index contributed by atoms with van der Waals surface area (Å²) in [6.45, 7) is 4.77. The highest BCUT2D eigenvalue weighted by atomic mass is 16.5. The molecule has 2 N–H and O–H groups in total. The monoisotopic (exact) mass is 253 g/mol. The highest BCUT2D eigenvalue weighted by Gasteiger charge is 2.10. The Hall–Kier alpha value is -1.53. The van der Waals surface area contributed by atoms with Gasteiger partial charge in [0.15, 0.2) is 0 Å². The van der Waals surface area contributed by atoms with Crippen LogP contribution in [0.5, 0.6) is 0 Å². The van der Waals surface area contributed by atoms with Crippen LogP contribution >= 0.6 is 0 Å². The van der Waals surface area contributed by atoms with Crippen molar-refractivity contribution in [1.29, 1.82) is 0 Å². The van der Waals surface area contributed by atoms with E-state index in [4.69, 9.17) is 9.84 Å². The Kier molecular flexibility index (Phi) is 6.90. The van der Waals surface area contributed by atoms with E-state index < -0.39 is 5.97 Å². The minimum atomic E-state index is -1.00. The molecule has 0 aromatic carbocycles. The molecule has 0 atom stereocenters. The van der Waals surface area contributed by atoms with Crippen LogP contribution in [0.2, 0.25) is 0 Å². The molecule has 0 bridgehead atoms. The molecule has 0 aliphatic carbocycles. The first-order chi connectivity index (χ1) is 8.75. The highest BCUT2D eigenvalue weighted by molar-refractivity contribution is 5.88. The molecule has 0 saturated heterocycles. The van der Waals surface area contributed by atoms with E-state index in [0.29, 0.717) is 12.2 Å². The Balaban J connectivity index is 2.25. The van der Waals surface area contributed by atoms with Crippen molar-refractivity contribution in [2.24, 2.45) is 0 Å². The molecule has 6 heteroatoms. The smallest absolute Gasteiger partial charge is 0.339 e. The Labute approximate surface area is 106 Å². The predicted molar refractivity (Wildman–Crippen MR) is 66.4 cm³/mol. The summed E-state index contributed by atoms with van der Waals surface area (Å²) < 4.78 is 5.34. The van der Waals surface area contributed by atoms with E-state index in [1.54, 1.807) is 0 Å². The molecule has 1 heterocycles. The zero-order valence-electron chi connectivity index (χ0n) is 10.6. The number of hydrogen-bond donors (Lipinski definition) is 2. The van der Waals surface area contributed by atoms with E-state index in [2.05, 4.69) is 22.2 Å². The van der Waals surface area contributed by atoms with Crippen molar-refractivity contribution >= 4 is 5.97 Å². The molecule has 1 rings (SSSR count). The SMILES string of the molecule is CCCOCCCNCc1ncncc1C(=O)O. The Morgan fingerprint density at radius 3 is 3.06 bits per heavy atom. The van der Waals surface area contributed by atoms with E-state index in [9.17, 15) is 4.79 Å². The number of rotatable bonds is 9.